The maximum absolute atomic E-state index is 10.8. The van der Waals surface area contributed by atoms with E-state index in [-0.39, 0.29) is 0 Å². The highest BCUT2D eigenvalue weighted by Gasteiger charge is 2.25. The molecule has 0 amide bonds. The summed E-state index contributed by atoms with van der Waals surface area (Å²) in [6.07, 6.45) is 2.45. The van der Waals surface area contributed by atoms with Gasteiger partial charge < -0.3 is 5.11 Å². The van der Waals surface area contributed by atoms with Crippen LogP contribution in [0, 0.1) is 9.49 Å². The molecule has 0 saturated carbocycles. The van der Waals surface area contributed by atoms with Gasteiger partial charge in [-0.3, -0.25) is 9.69 Å². The monoisotopic (exact) mass is 373 g/mol. The number of hydrogen-bond acceptors (Lipinski definition) is 2. The minimum atomic E-state index is -0.672. The molecule has 1 aliphatic rings. The van der Waals surface area contributed by atoms with Crippen LogP contribution in [0.4, 0.5) is 0 Å². The highest BCUT2D eigenvalue weighted by Crippen LogP contribution is 2.28. The SMILES string of the molecule is CC(c1ccc(I)cc1)N1CCCC(CC(=O)O)C1. The highest BCUT2D eigenvalue weighted by molar-refractivity contribution is 14.1. The molecule has 0 radical (unpaired) electrons. The first-order valence-electron chi connectivity index (χ1n) is 6.77. The summed E-state index contributed by atoms with van der Waals surface area (Å²) >= 11 is 2.31. The number of likely N-dealkylation sites (tertiary alicyclic amines) is 1. The molecule has 2 unspecified atom stereocenters. The van der Waals surface area contributed by atoms with E-state index in [1.165, 1.54) is 9.13 Å². The molecular weight excluding hydrogens is 353 g/mol. The molecule has 3 nitrogen and oxygen atoms in total. The van der Waals surface area contributed by atoms with Gasteiger partial charge >= 0.3 is 5.97 Å². The van der Waals surface area contributed by atoms with Gasteiger partial charge in [-0.2, -0.15) is 0 Å². The van der Waals surface area contributed by atoms with Gasteiger partial charge in [0.2, 0.25) is 0 Å². The maximum atomic E-state index is 10.8. The topological polar surface area (TPSA) is 40.5 Å². The number of aliphatic carboxylic acids is 1. The number of halogens is 1. The van der Waals surface area contributed by atoms with Crippen molar-refractivity contribution in [3.63, 3.8) is 0 Å². The highest BCUT2D eigenvalue weighted by atomic mass is 127. The minimum Gasteiger partial charge on any atom is -0.481 e. The molecule has 1 aromatic carbocycles. The quantitative estimate of drug-likeness (QED) is 0.821. The molecule has 1 aliphatic heterocycles. The van der Waals surface area contributed by atoms with Crippen molar-refractivity contribution in [1.29, 1.82) is 0 Å². The van der Waals surface area contributed by atoms with Crippen LogP contribution in [0.3, 0.4) is 0 Å². The van der Waals surface area contributed by atoms with E-state index in [1.807, 2.05) is 0 Å². The second-order valence-electron chi connectivity index (χ2n) is 5.33. The number of benzene rings is 1. The zero-order chi connectivity index (χ0) is 13.8. The fourth-order valence-electron chi connectivity index (χ4n) is 2.81. The van der Waals surface area contributed by atoms with Crippen LogP contribution < -0.4 is 0 Å². The average molecular weight is 373 g/mol. The molecule has 1 aromatic rings. The average Bonchev–Trinajstić information content (AvgIpc) is 2.38. The van der Waals surface area contributed by atoms with Gasteiger partial charge in [-0.05, 0) is 72.5 Å². The molecule has 2 atom stereocenters. The third kappa shape index (κ3) is 4.18. The van der Waals surface area contributed by atoms with Gasteiger partial charge in [0, 0.05) is 22.6 Å². The van der Waals surface area contributed by atoms with E-state index < -0.39 is 5.97 Å². The Morgan fingerprint density at radius 2 is 2.16 bits per heavy atom. The third-order valence-electron chi connectivity index (χ3n) is 3.91. The van der Waals surface area contributed by atoms with Crippen LogP contribution >= 0.6 is 22.6 Å². The van der Waals surface area contributed by atoms with E-state index >= 15 is 0 Å². The van der Waals surface area contributed by atoms with E-state index in [1.54, 1.807) is 0 Å². The number of piperidine rings is 1. The summed E-state index contributed by atoms with van der Waals surface area (Å²) in [5.74, 6) is -0.369. The molecule has 0 spiro atoms. The lowest BCUT2D eigenvalue weighted by atomic mass is 9.93. The van der Waals surface area contributed by atoms with Crippen molar-refractivity contribution in [3.8, 4) is 0 Å². The van der Waals surface area contributed by atoms with E-state index in [0.29, 0.717) is 18.4 Å². The summed E-state index contributed by atoms with van der Waals surface area (Å²) in [5, 5.41) is 8.92. The Bertz CT molecular complexity index is 432. The summed E-state index contributed by atoms with van der Waals surface area (Å²) in [7, 11) is 0. The first kappa shape index (κ1) is 14.8. The first-order valence-corrected chi connectivity index (χ1v) is 7.85. The van der Waals surface area contributed by atoms with Crippen LogP contribution in [0.25, 0.3) is 0 Å². The van der Waals surface area contributed by atoms with Gasteiger partial charge in [0.1, 0.15) is 0 Å². The van der Waals surface area contributed by atoms with E-state index in [9.17, 15) is 4.79 Å². The second-order valence-corrected chi connectivity index (χ2v) is 6.57. The van der Waals surface area contributed by atoms with Crippen molar-refractivity contribution in [1.82, 2.24) is 4.90 Å². The molecule has 1 fully saturated rings. The molecule has 104 valence electrons. The summed E-state index contributed by atoms with van der Waals surface area (Å²) in [6.45, 7) is 4.19. The number of rotatable bonds is 4. The molecule has 4 heteroatoms. The Morgan fingerprint density at radius 1 is 1.47 bits per heavy atom. The number of nitrogens with zero attached hydrogens (tertiary/aromatic N) is 1. The van der Waals surface area contributed by atoms with Gasteiger partial charge in [0.15, 0.2) is 0 Å². The second kappa shape index (κ2) is 6.70. The van der Waals surface area contributed by atoms with Gasteiger partial charge in [0.05, 0.1) is 0 Å². The standard InChI is InChI=1S/C15H20INO2/c1-11(13-4-6-14(16)7-5-13)17-8-2-3-12(10-17)9-15(18)19/h4-7,11-12H,2-3,8-10H2,1H3,(H,18,19). The van der Waals surface area contributed by atoms with Gasteiger partial charge in [-0.25, -0.2) is 0 Å². The molecule has 0 aliphatic carbocycles. The normalized spacial score (nSPS) is 22.1. The van der Waals surface area contributed by atoms with Crippen LogP contribution in [0.1, 0.15) is 37.8 Å². The number of carboxylic acids is 1. The van der Waals surface area contributed by atoms with Crippen molar-refractivity contribution in [2.75, 3.05) is 13.1 Å². The summed E-state index contributed by atoms with van der Waals surface area (Å²) in [5.41, 5.74) is 1.32. The lowest BCUT2D eigenvalue weighted by Crippen LogP contribution is -2.37. The Hall–Kier alpha value is -0.620. The van der Waals surface area contributed by atoms with E-state index in [4.69, 9.17) is 5.11 Å². The number of carbonyl (C=O) groups is 1. The van der Waals surface area contributed by atoms with Crippen LogP contribution in [-0.4, -0.2) is 29.1 Å². The van der Waals surface area contributed by atoms with Gasteiger partial charge in [-0.15, -0.1) is 0 Å². The molecule has 1 heterocycles. The van der Waals surface area contributed by atoms with Gasteiger partial charge in [-0.1, -0.05) is 12.1 Å². The lowest BCUT2D eigenvalue weighted by Gasteiger charge is -2.36. The molecular formula is C15H20INO2. The molecule has 1 N–H and O–H groups in total. The smallest absolute Gasteiger partial charge is 0.303 e. The zero-order valence-electron chi connectivity index (χ0n) is 11.2. The molecule has 0 aromatic heterocycles. The van der Waals surface area contributed by atoms with Crippen molar-refractivity contribution in [2.45, 2.75) is 32.2 Å². The maximum Gasteiger partial charge on any atom is 0.303 e. The van der Waals surface area contributed by atoms with Crippen molar-refractivity contribution >= 4 is 28.6 Å². The molecule has 1 saturated heterocycles. The van der Waals surface area contributed by atoms with Crippen molar-refractivity contribution < 1.29 is 9.90 Å². The van der Waals surface area contributed by atoms with Crippen molar-refractivity contribution in [3.05, 3.63) is 33.4 Å². The minimum absolute atomic E-state index is 0.301. The van der Waals surface area contributed by atoms with Crippen LogP contribution in [-0.2, 0) is 4.79 Å². The van der Waals surface area contributed by atoms with E-state index in [0.717, 1.165) is 25.9 Å². The van der Waals surface area contributed by atoms with Crippen LogP contribution in [0.15, 0.2) is 24.3 Å². The van der Waals surface area contributed by atoms with Crippen molar-refractivity contribution in [2.24, 2.45) is 5.92 Å². The van der Waals surface area contributed by atoms with E-state index in [2.05, 4.69) is 58.7 Å². The third-order valence-corrected chi connectivity index (χ3v) is 4.63. The summed E-state index contributed by atoms with van der Waals surface area (Å²) < 4.78 is 1.25. The Morgan fingerprint density at radius 3 is 2.79 bits per heavy atom. The van der Waals surface area contributed by atoms with Gasteiger partial charge in [0.25, 0.3) is 0 Å². The molecule has 19 heavy (non-hydrogen) atoms. The lowest BCUT2D eigenvalue weighted by molar-refractivity contribution is -0.138. The summed E-state index contributed by atoms with van der Waals surface area (Å²) in [6, 6.07) is 8.98. The Labute approximate surface area is 128 Å². The number of hydrogen-bond donors (Lipinski definition) is 1. The predicted octanol–water partition coefficient (Wildman–Crippen LogP) is 3.54. The molecule has 2 rings (SSSR count). The van der Waals surface area contributed by atoms with Crippen LogP contribution in [0.5, 0.6) is 0 Å². The molecule has 0 bridgehead atoms. The zero-order valence-corrected chi connectivity index (χ0v) is 13.3. The fraction of sp³-hybridized carbons (Fsp3) is 0.533. The predicted molar refractivity (Wildman–Crippen MR) is 84.1 cm³/mol. The Balaban J connectivity index is 2.00. The number of carboxylic acid groups (broad SMARTS) is 1. The van der Waals surface area contributed by atoms with Crippen LogP contribution in [0.2, 0.25) is 0 Å². The Kier molecular flexibility index (Phi) is 5.21. The first-order chi connectivity index (χ1) is 9.06. The summed E-state index contributed by atoms with van der Waals surface area (Å²) in [4.78, 5) is 13.2. The largest absolute Gasteiger partial charge is 0.481 e. The fourth-order valence-corrected chi connectivity index (χ4v) is 3.17.